The number of rotatable bonds is 20. The molecule has 9 aromatic rings. The Kier molecular flexibility index (Phi) is 16.4. The molecule has 1 saturated heterocycles. The Morgan fingerprint density at radius 3 is 1.54 bits per heavy atom. The molecule has 2 aliphatic heterocycles. The molecule has 406 valence electrons. The van der Waals surface area contributed by atoms with E-state index in [0.717, 1.165) is 44.5 Å². The van der Waals surface area contributed by atoms with Gasteiger partial charge in [-0.3, -0.25) is 19.3 Å². The SMILES string of the molecule is CC(=O)OC/C=C\C1=C(C(=O)OC(c2ccccc2)c2ccccc2)N2C(=O)C(NC(=O)/C(=N\OC(c3ccccc3)(c3ccccc3)c3ccccc3)c3csc(NC(c4ccccc4)(c4ccccc4)c4ccccc4)n3)[C@@H]2SC1. The molecule has 2 N–H and O–H groups in total. The van der Waals surface area contributed by atoms with Crippen LogP contribution in [0, 0.1) is 0 Å². The lowest BCUT2D eigenvalue weighted by atomic mass is 9.77. The number of amides is 2. The Labute approximate surface area is 483 Å². The van der Waals surface area contributed by atoms with Gasteiger partial charge in [0.15, 0.2) is 16.9 Å². The smallest absolute Gasteiger partial charge is 0.356 e. The number of carbonyl (C=O) groups is 4. The number of nitrogens with zero attached hydrogens (tertiary/aromatic N) is 3. The minimum Gasteiger partial charge on any atom is -0.462 e. The fraction of sp³-hybridized carbons (Fsp3) is 0.118. The van der Waals surface area contributed by atoms with Gasteiger partial charge >= 0.3 is 11.9 Å². The lowest BCUT2D eigenvalue weighted by Crippen LogP contribution is -2.71. The van der Waals surface area contributed by atoms with Gasteiger partial charge in [-0.2, -0.15) is 0 Å². The average Bonchev–Trinajstić information content (AvgIpc) is 4.14. The van der Waals surface area contributed by atoms with Gasteiger partial charge in [-0.05, 0) is 39.5 Å². The third-order valence-corrected chi connectivity index (χ3v) is 16.4. The van der Waals surface area contributed by atoms with E-state index >= 15 is 4.79 Å². The number of anilines is 1. The van der Waals surface area contributed by atoms with Crippen LogP contribution < -0.4 is 10.6 Å². The van der Waals surface area contributed by atoms with Crippen molar-refractivity contribution < 1.29 is 33.5 Å². The molecule has 0 bridgehead atoms. The van der Waals surface area contributed by atoms with Crippen LogP contribution in [0.4, 0.5) is 5.13 Å². The zero-order chi connectivity index (χ0) is 56.3. The van der Waals surface area contributed by atoms with Crippen LogP contribution in [0.1, 0.15) is 63.2 Å². The summed E-state index contributed by atoms with van der Waals surface area (Å²) in [6.45, 7) is 1.26. The number of fused-ring (bicyclic) bond motifs is 1. The van der Waals surface area contributed by atoms with Gasteiger partial charge in [-0.25, -0.2) is 9.78 Å². The summed E-state index contributed by atoms with van der Waals surface area (Å²) in [5, 5.41) is 13.2. The summed E-state index contributed by atoms with van der Waals surface area (Å²) in [5.41, 5.74) is 4.64. The van der Waals surface area contributed by atoms with E-state index in [-0.39, 0.29) is 29.5 Å². The summed E-state index contributed by atoms with van der Waals surface area (Å²) in [6, 6.07) is 77.0. The van der Waals surface area contributed by atoms with E-state index in [2.05, 4.69) is 47.0 Å². The lowest BCUT2D eigenvalue weighted by Gasteiger charge is -2.49. The molecular weight excluding hydrogens is 1060 g/mol. The van der Waals surface area contributed by atoms with Crippen molar-refractivity contribution in [2.24, 2.45) is 5.16 Å². The Balaban J connectivity index is 0.988. The molecule has 14 heteroatoms. The summed E-state index contributed by atoms with van der Waals surface area (Å²) in [4.78, 5) is 70.5. The van der Waals surface area contributed by atoms with Gasteiger partial charge in [0.05, 0.1) is 0 Å². The Bertz CT molecular complexity index is 3530. The molecule has 1 fully saturated rings. The maximum absolute atomic E-state index is 15.5. The second kappa shape index (κ2) is 24.8. The second-order valence-corrected chi connectivity index (χ2v) is 21.3. The van der Waals surface area contributed by atoms with Gasteiger partial charge < -0.3 is 24.9 Å². The van der Waals surface area contributed by atoms with Crippen LogP contribution in [-0.2, 0) is 44.6 Å². The van der Waals surface area contributed by atoms with E-state index in [0.29, 0.717) is 10.7 Å². The van der Waals surface area contributed by atoms with E-state index < -0.39 is 52.4 Å². The number of nitrogens with one attached hydrogen (secondary N) is 2. The largest absolute Gasteiger partial charge is 0.462 e. The highest BCUT2D eigenvalue weighted by Gasteiger charge is 2.55. The van der Waals surface area contributed by atoms with Crippen molar-refractivity contribution in [3.05, 3.63) is 322 Å². The minimum absolute atomic E-state index is 0.0136. The Morgan fingerprint density at radius 2 is 1.09 bits per heavy atom. The number of β-lactam (4-membered cyclic amide) rings is 1. The zero-order valence-electron chi connectivity index (χ0n) is 44.5. The first-order chi connectivity index (χ1) is 40.2. The lowest BCUT2D eigenvalue weighted by molar-refractivity contribution is -0.154. The molecule has 1 unspecified atom stereocenters. The van der Waals surface area contributed by atoms with E-state index in [1.807, 2.05) is 206 Å². The number of carbonyl (C=O) groups excluding carboxylic acids is 4. The highest BCUT2D eigenvalue weighted by molar-refractivity contribution is 8.00. The number of aromatic nitrogens is 1. The van der Waals surface area contributed by atoms with Gasteiger partial charge in [0.25, 0.3) is 11.8 Å². The number of allylic oxidation sites excluding steroid dienone is 1. The van der Waals surface area contributed by atoms with E-state index in [9.17, 15) is 14.4 Å². The number of thiazole rings is 1. The third kappa shape index (κ3) is 11.1. The minimum atomic E-state index is -1.39. The first kappa shape index (κ1) is 54.3. The van der Waals surface area contributed by atoms with Gasteiger partial charge in [0.1, 0.15) is 35.0 Å². The first-order valence-electron chi connectivity index (χ1n) is 26.7. The summed E-state index contributed by atoms with van der Waals surface area (Å²) in [5.74, 6) is -2.26. The fourth-order valence-corrected chi connectivity index (χ4v) is 12.5. The zero-order valence-corrected chi connectivity index (χ0v) is 46.1. The van der Waals surface area contributed by atoms with E-state index in [4.69, 9.17) is 24.5 Å². The van der Waals surface area contributed by atoms with Crippen LogP contribution in [0.25, 0.3) is 0 Å². The highest BCUT2D eigenvalue weighted by atomic mass is 32.2. The van der Waals surface area contributed by atoms with Gasteiger partial charge in [0, 0.05) is 34.7 Å². The van der Waals surface area contributed by atoms with Crippen LogP contribution in [0.3, 0.4) is 0 Å². The first-order valence-corrected chi connectivity index (χ1v) is 28.6. The standard InChI is InChI=1S/C68H55N5O7S2/c1-47(74)78-44-26-31-50-45-81-64-59(63(76)73(64)60(50)65(77)79-61(48-27-10-2-11-28-48)49-29-12-3-13-30-49)70-62(75)58(72-80-68(54-38-20-7-21-39-54,55-40-22-8-23-41-55)56-42-24-9-25-43-56)57-46-82-66(69-57)71-67(51-32-14-4-15-33-51,52-34-16-5-17-35-52)53-36-18-6-19-37-53/h2-43,46,59,61,64H,44-45H2,1H3,(H,69,71)(H,70,75)/b31-26-,72-58-/t59?,64-/m0/s1. The van der Waals surface area contributed by atoms with Crippen molar-refractivity contribution in [2.45, 2.75) is 35.6 Å². The maximum atomic E-state index is 15.5. The molecule has 8 aromatic carbocycles. The van der Waals surface area contributed by atoms with E-state index in [1.165, 1.54) is 34.9 Å². The maximum Gasteiger partial charge on any atom is 0.356 e. The number of hydrogen-bond donors (Lipinski definition) is 2. The van der Waals surface area contributed by atoms with Crippen LogP contribution in [-0.4, -0.2) is 63.1 Å². The van der Waals surface area contributed by atoms with Gasteiger partial charge in [-0.15, -0.1) is 23.1 Å². The van der Waals surface area contributed by atoms with Crippen molar-refractivity contribution in [3.8, 4) is 0 Å². The molecule has 0 saturated carbocycles. The Morgan fingerprint density at radius 1 is 0.646 bits per heavy atom. The summed E-state index contributed by atoms with van der Waals surface area (Å²) in [6.07, 6.45) is 2.46. The number of hydrogen-bond acceptors (Lipinski definition) is 12. The second-order valence-electron chi connectivity index (χ2n) is 19.4. The molecule has 2 atom stereocenters. The highest BCUT2D eigenvalue weighted by Crippen LogP contribution is 2.45. The normalized spacial score (nSPS) is 15.3. The number of esters is 2. The van der Waals surface area contributed by atoms with E-state index in [1.54, 1.807) is 17.5 Å². The van der Waals surface area contributed by atoms with Crippen molar-refractivity contribution in [2.75, 3.05) is 17.7 Å². The number of ether oxygens (including phenoxy) is 2. The average molecular weight is 1120 g/mol. The monoisotopic (exact) mass is 1120 g/mol. The molecule has 2 amide bonds. The Hall–Kier alpha value is -9.63. The van der Waals surface area contributed by atoms with Crippen LogP contribution in [0.2, 0.25) is 0 Å². The van der Waals surface area contributed by atoms with Crippen molar-refractivity contribution >= 4 is 57.7 Å². The molecule has 0 spiro atoms. The quantitative estimate of drug-likeness (QED) is 0.0248. The molecule has 3 heterocycles. The number of benzene rings is 8. The van der Waals surface area contributed by atoms with Crippen LogP contribution >= 0.6 is 23.1 Å². The fourth-order valence-electron chi connectivity index (χ4n) is 10.4. The molecule has 82 heavy (non-hydrogen) atoms. The molecule has 12 nitrogen and oxygen atoms in total. The molecule has 11 rings (SSSR count). The predicted octanol–water partition coefficient (Wildman–Crippen LogP) is 12.4. The van der Waals surface area contributed by atoms with Gasteiger partial charge in [0.2, 0.25) is 5.60 Å². The van der Waals surface area contributed by atoms with Gasteiger partial charge in [-0.1, -0.05) is 254 Å². The number of oxime groups is 1. The van der Waals surface area contributed by atoms with Crippen molar-refractivity contribution in [1.82, 2.24) is 15.2 Å². The molecule has 2 aliphatic rings. The molecular formula is C68H55N5O7S2. The third-order valence-electron chi connectivity index (χ3n) is 14.3. The summed E-state index contributed by atoms with van der Waals surface area (Å²) < 4.78 is 11.6. The molecule has 0 aliphatic carbocycles. The number of thioether (sulfide) groups is 1. The summed E-state index contributed by atoms with van der Waals surface area (Å²) in [7, 11) is 0. The predicted molar refractivity (Wildman–Crippen MR) is 320 cm³/mol. The van der Waals surface area contributed by atoms with Crippen LogP contribution in [0.5, 0.6) is 0 Å². The summed E-state index contributed by atoms with van der Waals surface area (Å²) >= 11 is 2.66. The topological polar surface area (TPSA) is 149 Å². The molecule has 1 aromatic heterocycles. The van der Waals surface area contributed by atoms with Crippen molar-refractivity contribution in [3.63, 3.8) is 0 Å². The molecule has 0 radical (unpaired) electrons. The van der Waals surface area contributed by atoms with Crippen LogP contribution in [0.15, 0.2) is 277 Å². The van der Waals surface area contributed by atoms with Crippen molar-refractivity contribution in [1.29, 1.82) is 0 Å².